The van der Waals surface area contributed by atoms with E-state index >= 15 is 0 Å². The van der Waals surface area contributed by atoms with Crippen molar-refractivity contribution in [1.82, 2.24) is 0 Å². The van der Waals surface area contributed by atoms with Gasteiger partial charge in [0.1, 0.15) is 5.78 Å². The topological polar surface area (TPSA) is 34.1 Å². The van der Waals surface area contributed by atoms with Crippen LogP contribution in [0.2, 0.25) is 0 Å². The van der Waals surface area contributed by atoms with Crippen LogP contribution in [-0.2, 0) is 9.59 Å². The van der Waals surface area contributed by atoms with Crippen LogP contribution in [0.4, 0.5) is 74.6 Å². The average molecular weight is 504 g/mol. The molecule has 0 amide bonds. The molecule has 2 nitrogen and oxygen atoms in total. The predicted octanol–water partition coefficient (Wildman–Crippen LogP) is 5.54. The lowest BCUT2D eigenvalue weighted by Gasteiger charge is -2.42. The van der Waals surface area contributed by atoms with Crippen molar-refractivity contribution in [3.63, 3.8) is 0 Å². The highest BCUT2D eigenvalue weighted by atomic mass is 19.4. The molecule has 0 bridgehead atoms. The highest BCUT2D eigenvalue weighted by Crippen LogP contribution is 2.64. The number of rotatable bonds is 9. The lowest BCUT2D eigenvalue weighted by atomic mass is 9.87. The first-order valence-electron chi connectivity index (χ1n) is 6.83. The zero-order valence-corrected chi connectivity index (χ0v) is 13.9. The molecule has 0 aromatic heterocycles. The van der Waals surface area contributed by atoms with Crippen LogP contribution in [-0.4, -0.2) is 59.2 Å². The molecule has 0 aliphatic heterocycles. The Morgan fingerprint density at radius 1 is 0.484 bits per heavy atom. The monoisotopic (exact) mass is 504 g/mol. The minimum absolute atomic E-state index is 0.187. The van der Waals surface area contributed by atoms with E-state index in [9.17, 15) is 84.2 Å². The van der Waals surface area contributed by atoms with Crippen molar-refractivity contribution >= 4 is 11.6 Å². The third-order valence-electron chi connectivity index (χ3n) is 3.48. The van der Waals surface area contributed by atoms with Crippen molar-refractivity contribution in [2.24, 2.45) is 0 Å². The summed E-state index contributed by atoms with van der Waals surface area (Å²) in [5, 5.41) is 0. The maximum atomic E-state index is 13.3. The smallest absolute Gasteiger partial charge is 0.300 e. The maximum absolute atomic E-state index is 13.3. The molecule has 0 radical (unpaired) electrons. The summed E-state index contributed by atoms with van der Waals surface area (Å²) in [6.45, 7) is 0.187. The third kappa shape index (κ3) is 3.80. The van der Waals surface area contributed by atoms with Crippen molar-refractivity contribution in [2.75, 3.05) is 0 Å². The largest absolute Gasteiger partial charge is 0.460 e. The van der Waals surface area contributed by atoms with Gasteiger partial charge in [0, 0.05) is 0 Å². The number of Topliss-reactive ketones (excluding diaryl/α,β-unsaturated/α-hetero) is 2. The number of halogens is 17. The van der Waals surface area contributed by atoms with E-state index in [0.717, 1.165) is 0 Å². The Labute approximate surface area is 158 Å². The van der Waals surface area contributed by atoms with Crippen LogP contribution in [0.15, 0.2) is 0 Å². The Hall–Kier alpha value is -1.85. The molecule has 0 aromatic rings. The molecule has 0 N–H and O–H groups in total. The van der Waals surface area contributed by atoms with E-state index < -0.39 is 65.6 Å². The van der Waals surface area contributed by atoms with Crippen LogP contribution in [0.3, 0.4) is 0 Å². The van der Waals surface area contributed by atoms with Crippen LogP contribution in [0, 0.1) is 0 Å². The number of carbonyl (C=O) groups excluding carboxylic acids is 2. The Balaban J connectivity index is 6.76. The van der Waals surface area contributed by atoms with E-state index in [4.69, 9.17) is 0 Å². The first kappa shape index (κ1) is 29.1. The zero-order chi connectivity index (χ0) is 25.9. The van der Waals surface area contributed by atoms with E-state index in [1.807, 2.05) is 0 Å². The number of hydrogen-bond donors (Lipinski definition) is 0. The van der Waals surface area contributed by atoms with E-state index in [1.165, 1.54) is 0 Å². The molecule has 19 heteroatoms. The number of alkyl halides is 17. The van der Waals surface area contributed by atoms with Crippen LogP contribution in [0.5, 0.6) is 0 Å². The second-order valence-corrected chi connectivity index (χ2v) is 5.82. The van der Waals surface area contributed by atoms with E-state index in [2.05, 4.69) is 0 Å². The van der Waals surface area contributed by atoms with Gasteiger partial charge in [-0.25, -0.2) is 0 Å². The quantitative estimate of drug-likeness (QED) is 0.305. The summed E-state index contributed by atoms with van der Waals surface area (Å²) in [5.74, 6) is -63.6. The summed E-state index contributed by atoms with van der Waals surface area (Å²) in [6.07, 6.45) is -10.2. The van der Waals surface area contributed by atoms with Crippen molar-refractivity contribution < 1.29 is 84.2 Å². The van der Waals surface area contributed by atoms with Gasteiger partial charge >= 0.3 is 47.6 Å². The molecule has 0 rings (SSSR count). The average Bonchev–Trinajstić information content (AvgIpc) is 2.51. The van der Waals surface area contributed by atoms with Crippen molar-refractivity contribution in [2.45, 2.75) is 61.0 Å². The van der Waals surface area contributed by atoms with Crippen LogP contribution in [0.25, 0.3) is 0 Å². The second-order valence-electron chi connectivity index (χ2n) is 5.82. The van der Waals surface area contributed by atoms with Crippen LogP contribution in [0.1, 0.15) is 13.3 Å². The summed E-state index contributed by atoms with van der Waals surface area (Å²) < 4.78 is 219. The molecule has 0 aliphatic carbocycles. The summed E-state index contributed by atoms with van der Waals surface area (Å²) in [6, 6.07) is 0. The SMILES string of the molecule is CC(=O)CC(=O)C(F)(F)C(F)(F)C(F)(F)C(F)(F)C(F)(F)C(F)(F)C(F)(F)C(F)(F)F. The Bertz CT molecular complexity index is 717. The minimum atomic E-state index is -8.76. The van der Waals surface area contributed by atoms with Gasteiger partial charge in [0.05, 0.1) is 6.42 Å². The highest BCUT2D eigenvalue weighted by molar-refractivity contribution is 6.02. The fraction of sp³-hybridized carbons (Fsp3) is 0.833. The number of ketones is 2. The third-order valence-corrected chi connectivity index (χ3v) is 3.48. The normalized spacial score (nSPS) is 15.8. The Morgan fingerprint density at radius 2 is 0.742 bits per heavy atom. The first-order chi connectivity index (χ1) is 13.1. The minimum Gasteiger partial charge on any atom is -0.300 e. The van der Waals surface area contributed by atoms with Gasteiger partial charge in [0.25, 0.3) is 0 Å². The van der Waals surface area contributed by atoms with Gasteiger partial charge in [0.15, 0.2) is 0 Å². The number of carbonyl (C=O) groups is 2. The Kier molecular flexibility index (Phi) is 6.91. The zero-order valence-electron chi connectivity index (χ0n) is 13.9. The predicted molar refractivity (Wildman–Crippen MR) is 61.0 cm³/mol. The van der Waals surface area contributed by atoms with Crippen molar-refractivity contribution in [1.29, 1.82) is 0 Å². The first-order valence-corrected chi connectivity index (χ1v) is 6.83. The van der Waals surface area contributed by atoms with Gasteiger partial charge < -0.3 is 0 Å². The van der Waals surface area contributed by atoms with Crippen molar-refractivity contribution in [3.05, 3.63) is 0 Å². The van der Waals surface area contributed by atoms with E-state index in [1.54, 1.807) is 0 Å². The lowest BCUT2D eigenvalue weighted by Crippen LogP contribution is -2.75. The Morgan fingerprint density at radius 3 is 1.00 bits per heavy atom. The molecule has 0 saturated heterocycles. The molecule has 0 atom stereocenters. The van der Waals surface area contributed by atoms with Gasteiger partial charge in [-0.05, 0) is 6.92 Å². The standard InChI is InChI=1S/C12H5F17O2/c1-3(30)2-4(31)5(13,14)6(15,16)7(17,18)8(19,20)9(21,22)10(23,24)11(25,26)12(27,28)29/h2H2,1H3. The molecule has 0 fully saturated rings. The maximum Gasteiger partial charge on any atom is 0.460 e. The van der Waals surface area contributed by atoms with E-state index in [-0.39, 0.29) is 6.92 Å². The molecule has 184 valence electrons. The van der Waals surface area contributed by atoms with Gasteiger partial charge in [-0.15, -0.1) is 0 Å². The molecule has 0 heterocycles. The fourth-order valence-electron chi connectivity index (χ4n) is 1.68. The lowest BCUT2D eigenvalue weighted by molar-refractivity contribution is -0.459. The number of hydrogen-bond acceptors (Lipinski definition) is 2. The molecule has 31 heavy (non-hydrogen) atoms. The summed E-state index contributed by atoms with van der Waals surface area (Å²) in [7, 11) is 0. The van der Waals surface area contributed by atoms with Gasteiger partial charge in [0.2, 0.25) is 5.78 Å². The van der Waals surface area contributed by atoms with Gasteiger partial charge in [-0.2, -0.15) is 74.6 Å². The molecular formula is C12H5F17O2. The molecule has 0 spiro atoms. The van der Waals surface area contributed by atoms with Crippen LogP contribution >= 0.6 is 0 Å². The molecule has 0 aromatic carbocycles. The van der Waals surface area contributed by atoms with Gasteiger partial charge in [-0.1, -0.05) is 0 Å². The van der Waals surface area contributed by atoms with Crippen LogP contribution < -0.4 is 0 Å². The summed E-state index contributed by atoms with van der Waals surface area (Å²) >= 11 is 0. The molecular weight excluding hydrogens is 499 g/mol. The second kappa shape index (κ2) is 7.35. The van der Waals surface area contributed by atoms with Crippen molar-refractivity contribution in [3.8, 4) is 0 Å². The highest BCUT2D eigenvalue weighted by Gasteiger charge is 2.95. The van der Waals surface area contributed by atoms with E-state index in [0.29, 0.717) is 0 Å². The molecule has 0 aliphatic rings. The summed E-state index contributed by atoms with van der Waals surface area (Å²) in [5.41, 5.74) is 0. The molecule has 0 saturated carbocycles. The summed E-state index contributed by atoms with van der Waals surface area (Å²) in [4.78, 5) is 21.2. The van der Waals surface area contributed by atoms with Gasteiger partial charge in [-0.3, -0.25) is 9.59 Å². The fourth-order valence-corrected chi connectivity index (χ4v) is 1.68. The molecule has 0 unspecified atom stereocenters.